The van der Waals surface area contributed by atoms with Crippen molar-refractivity contribution in [1.29, 1.82) is 0 Å². The summed E-state index contributed by atoms with van der Waals surface area (Å²) in [5.74, 6) is 1.55. The summed E-state index contributed by atoms with van der Waals surface area (Å²) < 4.78 is 11.3. The number of nitrogens with zero attached hydrogens (tertiary/aromatic N) is 2. The van der Waals surface area contributed by atoms with Crippen LogP contribution in [0.1, 0.15) is 22.3 Å². The summed E-state index contributed by atoms with van der Waals surface area (Å²) >= 11 is 1.59. The molecule has 0 bridgehead atoms. The van der Waals surface area contributed by atoms with Crippen molar-refractivity contribution < 1.29 is 14.3 Å². The van der Waals surface area contributed by atoms with E-state index in [1.54, 1.807) is 18.4 Å². The topological polar surface area (TPSA) is 89.7 Å². The van der Waals surface area contributed by atoms with Crippen LogP contribution in [-0.2, 0) is 6.54 Å². The summed E-state index contributed by atoms with van der Waals surface area (Å²) in [7, 11) is 1.66. The molecule has 0 aliphatic carbocycles. The second-order valence-corrected chi connectivity index (χ2v) is 9.26. The smallest absolute Gasteiger partial charge is 0.251 e. The lowest BCUT2D eigenvalue weighted by Gasteiger charge is -2.22. The van der Waals surface area contributed by atoms with E-state index in [0.717, 1.165) is 39.9 Å². The van der Waals surface area contributed by atoms with E-state index in [-0.39, 0.29) is 5.91 Å². The van der Waals surface area contributed by atoms with Gasteiger partial charge in [-0.2, -0.15) is 0 Å². The van der Waals surface area contributed by atoms with Crippen LogP contribution in [0.5, 0.6) is 11.5 Å². The molecule has 8 heteroatoms. The number of rotatable bonds is 13. The Morgan fingerprint density at radius 2 is 1.81 bits per heavy atom. The lowest BCUT2D eigenvalue weighted by atomic mass is 10.1. The largest absolute Gasteiger partial charge is 0.497 e. The standard InChI is InChI=1S/C29H32N4O3S/c1-35-26-10-5-7-24(19-26)27-21-37-29(32-27)33(17-18-36-25-8-3-2-4-9-25)20-22-11-13-23(14-12-22)28(34)31-16-6-15-30/h2-5,7-14,19,21H,6,15-18,20,30H2,1H3,(H,31,34). The van der Waals surface area contributed by atoms with Gasteiger partial charge in [0.2, 0.25) is 0 Å². The number of anilines is 1. The third-order valence-electron chi connectivity index (χ3n) is 5.76. The number of thiazole rings is 1. The molecule has 0 aliphatic heterocycles. The Morgan fingerprint density at radius 1 is 1.03 bits per heavy atom. The van der Waals surface area contributed by atoms with Crippen LogP contribution >= 0.6 is 11.3 Å². The van der Waals surface area contributed by atoms with Gasteiger partial charge in [-0.1, -0.05) is 42.5 Å². The van der Waals surface area contributed by atoms with Gasteiger partial charge >= 0.3 is 0 Å². The van der Waals surface area contributed by atoms with Gasteiger partial charge in [0, 0.05) is 29.6 Å². The van der Waals surface area contributed by atoms with Gasteiger partial charge in [-0.3, -0.25) is 4.79 Å². The molecule has 4 rings (SSSR count). The lowest BCUT2D eigenvalue weighted by Crippen LogP contribution is -2.28. The second-order valence-electron chi connectivity index (χ2n) is 8.43. The van der Waals surface area contributed by atoms with Crippen molar-refractivity contribution in [2.75, 3.05) is 38.3 Å². The predicted octanol–water partition coefficient (Wildman–Crippen LogP) is 4.98. The van der Waals surface area contributed by atoms with Gasteiger partial charge in [-0.15, -0.1) is 11.3 Å². The molecule has 0 fully saturated rings. The predicted molar refractivity (Wildman–Crippen MR) is 150 cm³/mol. The molecule has 3 aromatic carbocycles. The Labute approximate surface area is 221 Å². The number of nitrogens with one attached hydrogen (secondary N) is 1. The molecule has 3 N–H and O–H groups in total. The fourth-order valence-corrected chi connectivity index (χ4v) is 4.61. The zero-order valence-corrected chi connectivity index (χ0v) is 21.7. The van der Waals surface area contributed by atoms with E-state index in [0.29, 0.717) is 38.3 Å². The molecule has 0 radical (unpaired) electrons. The number of ether oxygens (including phenoxy) is 2. The minimum Gasteiger partial charge on any atom is -0.497 e. The van der Waals surface area contributed by atoms with E-state index in [1.807, 2.05) is 78.9 Å². The zero-order chi connectivity index (χ0) is 25.9. The number of hydrogen-bond donors (Lipinski definition) is 2. The monoisotopic (exact) mass is 516 g/mol. The highest BCUT2D eigenvalue weighted by Crippen LogP contribution is 2.30. The molecular weight excluding hydrogens is 484 g/mol. The van der Waals surface area contributed by atoms with E-state index < -0.39 is 0 Å². The molecule has 37 heavy (non-hydrogen) atoms. The van der Waals surface area contributed by atoms with Crippen LogP contribution < -0.4 is 25.4 Å². The summed E-state index contributed by atoms with van der Waals surface area (Å²) in [5.41, 5.74) is 9.13. The van der Waals surface area contributed by atoms with Gasteiger partial charge in [-0.05, 0) is 54.9 Å². The van der Waals surface area contributed by atoms with Gasteiger partial charge < -0.3 is 25.4 Å². The molecular formula is C29H32N4O3S. The first-order valence-electron chi connectivity index (χ1n) is 12.3. The third kappa shape index (κ3) is 7.55. The zero-order valence-electron chi connectivity index (χ0n) is 20.9. The Morgan fingerprint density at radius 3 is 2.57 bits per heavy atom. The number of carbonyl (C=O) groups is 1. The molecule has 1 heterocycles. The number of nitrogens with two attached hydrogens (primary N) is 1. The third-order valence-corrected chi connectivity index (χ3v) is 6.66. The first-order valence-corrected chi connectivity index (χ1v) is 13.1. The summed E-state index contributed by atoms with van der Waals surface area (Å²) in [5, 5.41) is 5.85. The number of benzene rings is 3. The Kier molecular flexibility index (Phi) is 9.51. The van der Waals surface area contributed by atoms with E-state index in [4.69, 9.17) is 20.2 Å². The molecule has 0 saturated heterocycles. The summed E-state index contributed by atoms with van der Waals surface area (Å²) in [4.78, 5) is 19.5. The van der Waals surface area contributed by atoms with Crippen LogP contribution in [0.15, 0.2) is 84.2 Å². The Bertz CT molecular complexity index is 1260. The molecule has 0 unspecified atom stereocenters. The Balaban J connectivity index is 1.48. The maximum Gasteiger partial charge on any atom is 0.251 e. The van der Waals surface area contributed by atoms with Crippen molar-refractivity contribution in [2.24, 2.45) is 5.73 Å². The average Bonchev–Trinajstić information content (AvgIpc) is 3.44. The van der Waals surface area contributed by atoms with Crippen molar-refractivity contribution >= 4 is 22.4 Å². The van der Waals surface area contributed by atoms with E-state index >= 15 is 0 Å². The van der Waals surface area contributed by atoms with Crippen LogP contribution in [-0.4, -0.2) is 44.2 Å². The quantitative estimate of drug-likeness (QED) is 0.244. The van der Waals surface area contributed by atoms with E-state index in [2.05, 4.69) is 15.6 Å². The fraction of sp³-hybridized carbons (Fsp3) is 0.241. The van der Waals surface area contributed by atoms with Gasteiger partial charge in [0.25, 0.3) is 5.91 Å². The Hall–Kier alpha value is -3.88. The maximum absolute atomic E-state index is 12.3. The van der Waals surface area contributed by atoms with Crippen molar-refractivity contribution in [3.63, 3.8) is 0 Å². The SMILES string of the molecule is COc1cccc(-c2csc(N(CCOc3ccccc3)Cc3ccc(C(=O)NCCCN)cc3)n2)c1. The van der Waals surface area contributed by atoms with Crippen molar-refractivity contribution in [3.8, 4) is 22.8 Å². The fourth-order valence-electron chi connectivity index (χ4n) is 3.75. The highest BCUT2D eigenvalue weighted by Gasteiger charge is 2.15. The van der Waals surface area contributed by atoms with Crippen LogP contribution in [0.3, 0.4) is 0 Å². The molecule has 0 atom stereocenters. The molecule has 192 valence electrons. The van der Waals surface area contributed by atoms with Crippen LogP contribution in [0.2, 0.25) is 0 Å². The molecule has 7 nitrogen and oxygen atoms in total. The van der Waals surface area contributed by atoms with Gasteiger partial charge in [0.05, 0.1) is 19.3 Å². The number of amides is 1. The summed E-state index contributed by atoms with van der Waals surface area (Å²) in [6, 6.07) is 25.4. The highest BCUT2D eigenvalue weighted by molar-refractivity contribution is 7.14. The first-order chi connectivity index (χ1) is 18.2. The summed E-state index contributed by atoms with van der Waals surface area (Å²) in [6.45, 7) is 2.94. The van der Waals surface area contributed by atoms with Crippen molar-refractivity contribution in [1.82, 2.24) is 10.3 Å². The van der Waals surface area contributed by atoms with Gasteiger partial charge in [-0.25, -0.2) is 4.98 Å². The number of hydrogen-bond acceptors (Lipinski definition) is 7. The number of aromatic nitrogens is 1. The maximum atomic E-state index is 12.3. The normalized spacial score (nSPS) is 10.6. The second kappa shape index (κ2) is 13.4. The van der Waals surface area contributed by atoms with Crippen LogP contribution in [0.4, 0.5) is 5.13 Å². The molecule has 0 saturated carbocycles. The molecule has 1 amide bonds. The van der Waals surface area contributed by atoms with Crippen LogP contribution in [0, 0.1) is 0 Å². The van der Waals surface area contributed by atoms with Crippen LogP contribution in [0.25, 0.3) is 11.3 Å². The average molecular weight is 517 g/mol. The minimum atomic E-state index is -0.0871. The van der Waals surface area contributed by atoms with E-state index in [1.165, 1.54) is 0 Å². The highest BCUT2D eigenvalue weighted by atomic mass is 32.1. The number of carbonyl (C=O) groups excluding carboxylic acids is 1. The molecule has 0 spiro atoms. The number of para-hydroxylation sites is 1. The summed E-state index contributed by atoms with van der Waals surface area (Å²) in [6.07, 6.45) is 0.759. The van der Waals surface area contributed by atoms with Crippen molar-refractivity contribution in [3.05, 3.63) is 95.4 Å². The lowest BCUT2D eigenvalue weighted by molar-refractivity contribution is 0.0953. The molecule has 1 aromatic heterocycles. The number of methoxy groups -OCH3 is 1. The molecule has 0 aliphatic rings. The van der Waals surface area contributed by atoms with Crippen molar-refractivity contribution in [2.45, 2.75) is 13.0 Å². The first kappa shape index (κ1) is 26.2. The van der Waals surface area contributed by atoms with E-state index in [9.17, 15) is 4.79 Å². The van der Waals surface area contributed by atoms with Gasteiger partial charge in [0.15, 0.2) is 5.13 Å². The molecule has 4 aromatic rings. The van der Waals surface area contributed by atoms with Gasteiger partial charge in [0.1, 0.15) is 18.1 Å². The minimum absolute atomic E-state index is 0.0871.